The maximum Gasteiger partial charge on any atom is 0.181 e. The van der Waals surface area contributed by atoms with E-state index >= 15 is 0 Å². The number of hydrogen-bond donors (Lipinski definition) is 2. The standard InChI is InChI=1S/C10H11N5/c11-15-6-5-12-10(15)9-13-7-3-1-2-4-8(7)14-9/h1-4H,5-6,11H2,(H,13,14). The SMILES string of the molecule is NN1CCN=C1c1nc2ccccc2[nH]1. The highest BCUT2D eigenvalue weighted by atomic mass is 15.5. The number of aromatic nitrogens is 2. The first-order valence-electron chi connectivity index (χ1n) is 4.86. The Morgan fingerprint density at radius 3 is 2.93 bits per heavy atom. The van der Waals surface area contributed by atoms with Crippen molar-refractivity contribution in [2.45, 2.75) is 0 Å². The summed E-state index contributed by atoms with van der Waals surface area (Å²) in [6, 6.07) is 7.89. The van der Waals surface area contributed by atoms with Gasteiger partial charge in [0.15, 0.2) is 11.7 Å². The maximum atomic E-state index is 5.78. The Balaban J connectivity index is 2.12. The second-order valence-corrected chi connectivity index (χ2v) is 3.50. The van der Waals surface area contributed by atoms with E-state index in [1.807, 2.05) is 24.3 Å². The van der Waals surface area contributed by atoms with E-state index in [1.165, 1.54) is 0 Å². The van der Waals surface area contributed by atoms with Crippen molar-refractivity contribution in [3.8, 4) is 0 Å². The number of nitrogens with one attached hydrogen (secondary N) is 1. The molecule has 5 heteroatoms. The summed E-state index contributed by atoms with van der Waals surface area (Å²) >= 11 is 0. The molecule has 0 aliphatic carbocycles. The lowest BCUT2D eigenvalue weighted by molar-refractivity contribution is 0.482. The average Bonchev–Trinajstić information content (AvgIpc) is 2.82. The summed E-state index contributed by atoms with van der Waals surface area (Å²) in [6.45, 7) is 1.50. The van der Waals surface area contributed by atoms with Gasteiger partial charge >= 0.3 is 0 Å². The third-order valence-corrected chi connectivity index (χ3v) is 2.48. The van der Waals surface area contributed by atoms with Gasteiger partial charge in [-0.15, -0.1) is 0 Å². The number of nitrogens with two attached hydrogens (primary N) is 1. The molecule has 1 aromatic heterocycles. The Morgan fingerprint density at radius 1 is 1.33 bits per heavy atom. The Hall–Kier alpha value is -1.88. The smallest absolute Gasteiger partial charge is 0.181 e. The van der Waals surface area contributed by atoms with Crippen molar-refractivity contribution in [2.75, 3.05) is 13.1 Å². The molecule has 3 rings (SSSR count). The molecule has 0 amide bonds. The quantitative estimate of drug-likeness (QED) is 0.660. The maximum absolute atomic E-state index is 5.78. The monoisotopic (exact) mass is 201 g/mol. The largest absolute Gasteiger partial charge is 0.335 e. The first-order valence-corrected chi connectivity index (χ1v) is 4.86. The van der Waals surface area contributed by atoms with Crippen molar-refractivity contribution in [1.29, 1.82) is 0 Å². The molecule has 0 unspecified atom stereocenters. The highest BCUT2D eigenvalue weighted by Gasteiger charge is 2.18. The van der Waals surface area contributed by atoms with Crippen LogP contribution in [0.4, 0.5) is 0 Å². The molecule has 1 aromatic carbocycles. The van der Waals surface area contributed by atoms with Gasteiger partial charge in [0.1, 0.15) is 0 Å². The number of benzene rings is 1. The molecule has 2 heterocycles. The molecule has 0 spiro atoms. The Kier molecular flexibility index (Phi) is 1.72. The van der Waals surface area contributed by atoms with Crippen LogP contribution in [0.2, 0.25) is 0 Å². The van der Waals surface area contributed by atoms with E-state index in [0.29, 0.717) is 0 Å². The predicted molar refractivity (Wildman–Crippen MR) is 58.4 cm³/mol. The van der Waals surface area contributed by atoms with Gasteiger partial charge in [0.05, 0.1) is 24.1 Å². The van der Waals surface area contributed by atoms with Crippen LogP contribution in [-0.2, 0) is 0 Å². The van der Waals surface area contributed by atoms with Crippen molar-refractivity contribution in [3.63, 3.8) is 0 Å². The number of nitrogens with zero attached hydrogens (tertiary/aromatic N) is 3. The number of fused-ring (bicyclic) bond motifs is 1. The molecular formula is C10H11N5. The van der Waals surface area contributed by atoms with Crippen LogP contribution in [0.5, 0.6) is 0 Å². The number of aliphatic imine (C=N–C) groups is 1. The second-order valence-electron chi connectivity index (χ2n) is 3.50. The normalized spacial score (nSPS) is 16.1. The molecule has 1 aliphatic rings. The number of amidine groups is 1. The molecule has 3 N–H and O–H groups in total. The summed E-state index contributed by atoms with van der Waals surface area (Å²) in [5.74, 6) is 7.26. The van der Waals surface area contributed by atoms with Gasteiger partial charge in [0.25, 0.3) is 0 Å². The number of hydrogen-bond acceptors (Lipinski definition) is 4. The molecule has 15 heavy (non-hydrogen) atoms. The van der Waals surface area contributed by atoms with Gasteiger partial charge in [0.2, 0.25) is 0 Å². The van der Waals surface area contributed by atoms with Crippen LogP contribution in [0.25, 0.3) is 11.0 Å². The van der Waals surface area contributed by atoms with Gasteiger partial charge in [-0.1, -0.05) is 12.1 Å². The summed E-state index contributed by atoms with van der Waals surface area (Å²) < 4.78 is 0. The molecule has 0 radical (unpaired) electrons. The Labute approximate surface area is 86.6 Å². The van der Waals surface area contributed by atoms with Gasteiger partial charge in [-0.2, -0.15) is 0 Å². The molecule has 76 valence electrons. The zero-order valence-corrected chi connectivity index (χ0v) is 8.14. The predicted octanol–water partition coefficient (Wildman–Crippen LogP) is 0.499. The average molecular weight is 201 g/mol. The molecule has 0 bridgehead atoms. The fraction of sp³-hybridized carbons (Fsp3) is 0.200. The van der Waals surface area contributed by atoms with Crippen molar-refractivity contribution < 1.29 is 0 Å². The first-order chi connectivity index (χ1) is 7.34. The van der Waals surface area contributed by atoms with E-state index in [9.17, 15) is 0 Å². The summed E-state index contributed by atoms with van der Waals surface area (Å²) in [5, 5.41) is 1.62. The number of H-pyrrole nitrogens is 1. The lowest BCUT2D eigenvalue weighted by Gasteiger charge is -2.09. The molecule has 0 fully saturated rings. The van der Waals surface area contributed by atoms with Gasteiger partial charge in [0, 0.05) is 0 Å². The highest BCUT2D eigenvalue weighted by Crippen LogP contribution is 2.12. The molecule has 1 aliphatic heterocycles. The summed E-state index contributed by atoms with van der Waals surface area (Å²) in [5.41, 5.74) is 1.95. The van der Waals surface area contributed by atoms with Crippen LogP contribution >= 0.6 is 0 Å². The lowest BCUT2D eigenvalue weighted by atomic mass is 10.3. The molecule has 0 saturated heterocycles. The van der Waals surface area contributed by atoms with Crippen molar-refractivity contribution in [3.05, 3.63) is 30.1 Å². The highest BCUT2D eigenvalue weighted by molar-refractivity contribution is 5.98. The number of imidazole rings is 1. The zero-order valence-electron chi connectivity index (χ0n) is 8.14. The molecule has 5 nitrogen and oxygen atoms in total. The van der Waals surface area contributed by atoms with Gasteiger partial charge < -0.3 is 4.98 Å². The molecule has 0 saturated carbocycles. The minimum absolute atomic E-state index is 0.739. The second kappa shape index (κ2) is 3.06. The van der Waals surface area contributed by atoms with Gasteiger partial charge in [-0.05, 0) is 12.1 Å². The van der Waals surface area contributed by atoms with Crippen LogP contribution in [0.3, 0.4) is 0 Å². The van der Waals surface area contributed by atoms with Crippen LogP contribution in [-0.4, -0.2) is 33.9 Å². The molecular weight excluding hydrogens is 190 g/mol. The van der Waals surface area contributed by atoms with E-state index in [4.69, 9.17) is 5.84 Å². The van der Waals surface area contributed by atoms with E-state index in [1.54, 1.807) is 5.01 Å². The minimum atomic E-state index is 0.739. The van der Waals surface area contributed by atoms with Gasteiger partial charge in [-0.25, -0.2) is 10.8 Å². The van der Waals surface area contributed by atoms with E-state index in [2.05, 4.69) is 15.0 Å². The third kappa shape index (κ3) is 1.28. The van der Waals surface area contributed by atoms with Crippen LogP contribution in [0.1, 0.15) is 5.82 Å². The number of aromatic amines is 1. The summed E-state index contributed by atoms with van der Waals surface area (Å²) in [4.78, 5) is 11.9. The minimum Gasteiger partial charge on any atom is -0.335 e. The molecule has 2 aromatic rings. The molecule has 0 atom stereocenters. The van der Waals surface area contributed by atoms with Crippen molar-refractivity contribution in [2.24, 2.45) is 10.8 Å². The lowest BCUT2D eigenvalue weighted by Crippen LogP contribution is -2.35. The third-order valence-electron chi connectivity index (χ3n) is 2.48. The van der Waals surface area contributed by atoms with Crippen molar-refractivity contribution >= 4 is 16.9 Å². The Morgan fingerprint density at radius 2 is 2.20 bits per heavy atom. The zero-order chi connectivity index (χ0) is 10.3. The summed E-state index contributed by atoms with van der Waals surface area (Å²) in [7, 11) is 0. The number of rotatable bonds is 1. The van der Waals surface area contributed by atoms with Crippen LogP contribution in [0.15, 0.2) is 29.3 Å². The fourth-order valence-electron chi connectivity index (χ4n) is 1.73. The van der Waals surface area contributed by atoms with Crippen LogP contribution < -0.4 is 5.84 Å². The first kappa shape index (κ1) is 8.43. The van der Waals surface area contributed by atoms with Crippen molar-refractivity contribution in [1.82, 2.24) is 15.0 Å². The number of hydrazine groups is 1. The van der Waals surface area contributed by atoms with E-state index in [0.717, 1.165) is 35.8 Å². The van der Waals surface area contributed by atoms with Gasteiger partial charge in [-0.3, -0.25) is 10.0 Å². The van der Waals surface area contributed by atoms with E-state index < -0.39 is 0 Å². The number of para-hydroxylation sites is 2. The summed E-state index contributed by atoms with van der Waals surface area (Å²) in [6.07, 6.45) is 0. The van der Waals surface area contributed by atoms with E-state index in [-0.39, 0.29) is 0 Å². The topological polar surface area (TPSA) is 70.3 Å². The Bertz CT molecular complexity index is 494. The fourth-order valence-corrected chi connectivity index (χ4v) is 1.73. The van der Waals surface area contributed by atoms with Crippen LogP contribution in [0, 0.1) is 0 Å².